The first-order valence-electron chi connectivity index (χ1n) is 6.99. The number of nitrogens with zero attached hydrogens (tertiary/aromatic N) is 1. The summed E-state index contributed by atoms with van der Waals surface area (Å²) in [5.74, 6) is 1.04. The van der Waals surface area contributed by atoms with Crippen molar-refractivity contribution >= 4 is 12.4 Å². The Balaban J connectivity index is 0.00000144. The van der Waals surface area contributed by atoms with Gasteiger partial charge in [-0.1, -0.05) is 20.8 Å². The lowest BCUT2D eigenvalue weighted by Crippen LogP contribution is -2.37. The van der Waals surface area contributed by atoms with Crippen LogP contribution in [0.2, 0.25) is 0 Å². The molecule has 0 radical (unpaired) electrons. The van der Waals surface area contributed by atoms with Crippen LogP contribution in [-0.2, 0) is 0 Å². The molecule has 0 aliphatic heterocycles. The van der Waals surface area contributed by atoms with Gasteiger partial charge in [0.1, 0.15) is 0 Å². The molecule has 0 spiro atoms. The van der Waals surface area contributed by atoms with E-state index >= 15 is 0 Å². The Morgan fingerprint density at radius 1 is 1.12 bits per heavy atom. The molecule has 2 fully saturated rings. The zero-order chi connectivity index (χ0) is 11.6. The highest BCUT2D eigenvalue weighted by Gasteiger charge is 2.33. The molecule has 0 heterocycles. The van der Waals surface area contributed by atoms with Crippen molar-refractivity contribution in [3.8, 4) is 0 Å². The van der Waals surface area contributed by atoms with Crippen LogP contribution in [0.5, 0.6) is 0 Å². The Morgan fingerprint density at radius 2 is 1.76 bits per heavy atom. The highest BCUT2D eigenvalue weighted by molar-refractivity contribution is 5.85. The summed E-state index contributed by atoms with van der Waals surface area (Å²) in [5, 5.41) is 3.59. The molecular weight excluding hydrogens is 232 g/mol. The maximum absolute atomic E-state index is 3.59. The average Bonchev–Trinajstić information content (AvgIpc) is 2.97. The maximum atomic E-state index is 3.59. The largest absolute Gasteiger partial charge is 0.315 e. The van der Waals surface area contributed by atoms with Crippen molar-refractivity contribution in [2.24, 2.45) is 11.3 Å². The number of nitrogens with one attached hydrogen (secondary N) is 1. The van der Waals surface area contributed by atoms with E-state index in [9.17, 15) is 0 Å². The summed E-state index contributed by atoms with van der Waals surface area (Å²) in [6.45, 7) is 11.8. The molecule has 0 aromatic rings. The molecule has 2 saturated carbocycles. The van der Waals surface area contributed by atoms with Crippen molar-refractivity contribution in [3.05, 3.63) is 0 Å². The van der Waals surface area contributed by atoms with Crippen LogP contribution < -0.4 is 5.32 Å². The molecule has 2 aliphatic rings. The third-order valence-electron chi connectivity index (χ3n) is 3.48. The van der Waals surface area contributed by atoms with Crippen LogP contribution in [0.3, 0.4) is 0 Å². The molecule has 0 atom stereocenters. The Bertz CT molecular complexity index is 217. The van der Waals surface area contributed by atoms with E-state index in [1.54, 1.807) is 0 Å². The van der Waals surface area contributed by atoms with Gasteiger partial charge >= 0.3 is 0 Å². The highest BCUT2D eigenvalue weighted by atomic mass is 35.5. The topological polar surface area (TPSA) is 15.3 Å². The number of hydrogen-bond acceptors (Lipinski definition) is 2. The van der Waals surface area contributed by atoms with E-state index in [1.807, 2.05) is 0 Å². The Kier molecular flexibility index (Phi) is 5.75. The Labute approximate surface area is 113 Å². The van der Waals surface area contributed by atoms with Crippen LogP contribution in [0.15, 0.2) is 0 Å². The lowest BCUT2D eigenvalue weighted by molar-refractivity contribution is 0.247. The molecule has 0 saturated heterocycles. The summed E-state index contributed by atoms with van der Waals surface area (Å²) in [6, 6.07) is 0.942. The first-order valence-corrected chi connectivity index (χ1v) is 6.99. The zero-order valence-corrected chi connectivity index (χ0v) is 12.5. The van der Waals surface area contributed by atoms with Gasteiger partial charge in [-0.15, -0.1) is 12.4 Å². The summed E-state index contributed by atoms with van der Waals surface area (Å²) >= 11 is 0. The minimum atomic E-state index is 0. The van der Waals surface area contributed by atoms with Crippen LogP contribution in [0, 0.1) is 11.3 Å². The van der Waals surface area contributed by atoms with Gasteiger partial charge in [0.05, 0.1) is 0 Å². The molecule has 1 N–H and O–H groups in total. The minimum absolute atomic E-state index is 0. The fourth-order valence-electron chi connectivity index (χ4n) is 2.18. The van der Waals surface area contributed by atoms with Gasteiger partial charge in [-0.25, -0.2) is 0 Å². The molecular formula is C14H29ClN2. The highest BCUT2D eigenvalue weighted by Crippen LogP contribution is 2.34. The van der Waals surface area contributed by atoms with Crippen LogP contribution in [-0.4, -0.2) is 37.1 Å². The van der Waals surface area contributed by atoms with Crippen molar-refractivity contribution < 1.29 is 0 Å². The number of hydrogen-bond donors (Lipinski definition) is 1. The van der Waals surface area contributed by atoms with Crippen molar-refractivity contribution in [2.75, 3.05) is 26.2 Å². The van der Waals surface area contributed by atoms with E-state index in [4.69, 9.17) is 0 Å². The smallest absolute Gasteiger partial charge is 0.0110 e. The van der Waals surface area contributed by atoms with Gasteiger partial charge in [0.15, 0.2) is 0 Å². The molecule has 2 aliphatic carbocycles. The molecule has 3 heteroatoms. The van der Waals surface area contributed by atoms with E-state index in [0.717, 1.165) is 18.5 Å². The number of halogens is 1. The van der Waals surface area contributed by atoms with Crippen molar-refractivity contribution in [1.29, 1.82) is 0 Å². The summed E-state index contributed by atoms with van der Waals surface area (Å²) in [4.78, 5) is 2.73. The van der Waals surface area contributed by atoms with E-state index in [-0.39, 0.29) is 12.4 Å². The van der Waals surface area contributed by atoms with E-state index in [1.165, 1.54) is 45.3 Å². The molecule has 2 nitrogen and oxygen atoms in total. The summed E-state index contributed by atoms with van der Waals surface area (Å²) < 4.78 is 0. The molecule has 0 aromatic heterocycles. The van der Waals surface area contributed by atoms with Gasteiger partial charge in [0.25, 0.3) is 0 Å². The first-order chi connectivity index (χ1) is 7.54. The fraction of sp³-hybridized carbons (Fsp3) is 1.00. The average molecular weight is 261 g/mol. The molecule has 0 bridgehead atoms. The quantitative estimate of drug-likeness (QED) is 0.708. The molecule has 2 rings (SSSR count). The molecule has 0 aromatic carbocycles. The summed E-state index contributed by atoms with van der Waals surface area (Å²) in [5.41, 5.74) is 0.418. The number of rotatable bonds is 7. The molecule has 0 unspecified atom stereocenters. The molecule has 102 valence electrons. The van der Waals surface area contributed by atoms with Crippen molar-refractivity contribution in [2.45, 2.75) is 52.5 Å². The second-order valence-electron chi connectivity index (χ2n) is 6.91. The van der Waals surface area contributed by atoms with Crippen molar-refractivity contribution in [1.82, 2.24) is 10.2 Å². The second kappa shape index (κ2) is 6.40. The van der Waals surface area contributed by atoms with Gasteiger partial charge in [-0.3, -0.25) is 4.90 Å². The van der Waals surface area contributed by atoms with Gasteiger partial charge in [0.2, 0.25) is 0 Å². The van der Waals surface area contributed by atoms with Gasteiger partial charge in [0, 0.05) is 32.2 Å². The van der Waals surface area contributed by atoms with Crippen LogP contribution in [0.25, 0.3) is 0 Å². The first kappa shape index (κ1) is 15.3. The van der Waals surface area contributed by atoms with Gasteiger partial charge < -0.3 is 5.32 Å². The minimum Gasteiger partial charge on any atom is -0.315 e. The van der Waals surface area contributed by atoms with Crippen molar-refractivity contribution in [3.63, 3.8) is 0 Å². The Morgan fingerprint density at radius 3 is 2.24 bits per heavy atom. The molecule has 17 heavy (non-hydrogen) atoms. The zero-order valence-electron chi connectivity index (χ0n) is 11.7. The third-order valence-corrected chi connectivity index (χ3v) is 3.48. The predicted molar refractivity (Wildman–Crippen MR) is 76.9 cm³/mol. The van der Waals surface area contributed by atoms with Gasteiger partial charge in [-0.2, -0.15) is 0 Å². The SMILES string of the molecule is CC(C)(C)CNCCN(CC1CC1)C1CC1.Cl. The van der Waals surface area contributed by atoms with Crippen LogP contribution in [0.1, 0.15) is 46.5 Å². The van der Waals surface area contributed by atoms with Crippen LogP contribution in [0.4, 0.5) is 0 Å². The lowest BCUT2D eigenvalue weighted by atomic mass is 9.97. The van der Waals surface area contributed by atoms with Crippen LogP contribution >= 0.6 is 12.4 Å². The van der Waals surface area contributed by atoms with E-state index in [2.05, 4.69) is 31.0 Å². The third kappa shape index (κ3) is 6.64. The fourth-order valence-corrected chi connectivity index (χ4v) is 2.18. The van der Waals surface area contributed by atoms with Gasteiger partial charge in [-0.05, 0) is 37.0 Å². The summed E-state index contributed by atoms with van der Waals surface area (Å²) in [6.07, 6.45) is 5.87. The Hall–Kier alpha value is 0.210. The lowest BCUT2D eigenvalue weighted by Gasteiger charge is -2.24. The predicted octanol–water partition coefficient (Wildman–Crippen LogP) is 2.92. The summed E-state index contributed by atoms with van der Waals surface area (Å²) in [7, 11) is 0. The van der Waals surface area contributed by atoms with E-state index in [0.29, 0.717) is 5.41 Å². The van der Waals surface area contributed by atoms with E-state index < -0.39 is 0 Å². The maximum Gasteiger partial charge on any atom is 0.0110 e. The molecule has 0 amide bonds. The standard InChI is InChI=1S/C14H28N2.ClH/c1-14(2,3)11-15-8-9-16(13-6-7-13)10-12-4-5-12;/h12-13,15H,4-11H2,1-3H3;1H. The second-order valence-corrected chi connectivity index (χ2v) is 6.91. The normalized spacial score (nSPS) is 20.5. The monoisotopic (exact) mass is 260 g/mol.